The summed E-state index contributed by atoms with van der Waals surface area (Å²) in [5, 5.41) is 3.03. The zero-order chi connectivity index (χ0) is 14.1. The van der Waals surface area contributed by atoms with E-state index in [1.165, 1.54) is 6.42 Å². The number of rotatable bonds is 8. The number of carbonyl (C=O) groups excluding carboxylic acids is 1. The summed E-state index contributed by atoms with van der Waals surface area (Å²) in [6.07, 6.45) is 3.47. The Morgan fingerprint density at radius 2 is 2.21 bits per heavy atom. The van der Waals surface area contributed by atoms with E-state index in [4.69, 9.17) is 9.47 Å². The van der Waals surface area contributed by atoms with Gasteiger partial charge in [-0.2, -0.15) is 0 Å². The molecule has 1 heterocycles. The fourth-order valence-electron chi connectivity index (χ4n) is 2.52. The van der Waals surface area contributed by atoms with Gasteiger partial charge in [-0.25, -0.2) is 0 Å². The third kappa shape index (κ3) is 5.89. The summed E-state index contributed by atoms with van der Waals surface area (Å²) in [6, 6.07) is -0.201. The Balaban J connectivity index is 2.31. The number of hydrogen-bond donors (Lipinski definition) is 1. The average molecular weight is 272 g/mol. The molecule has 1 aliphatic heterocycles. The van der Waals surface area contributed by atoms with Crippen LogP contribution < -0.4 is 5.32 Å². The molecule has 0 radical (unpaired) electrons. The van der Waals surface area contributed by atoms with Crippen LogP contribution in [0.25, 0.3) is 0 Å². The van der Waals surface area contributed by atoms with Crippen molar-refractivity contribution in [2.24, 2.45) is 0 Å². The van der Waals surface area contributed by atoms with E-state index >= 15 is 0 Å². The molecule has 19 heavy (non-hydrogen) atoms. The van der Waals surface area contributed by atoms with E-state index in [0.717, 1.165) is 39.1 Å². The smallest absolute Gasteiger partial charge is 0.323 e. The Hall–Kier alpha value is -0.650. The lowest BCUT2D eigenvalue weighted by molar-refractivity contribution is -0.145. The largest absolute Gasteiger partial charge is 0.465 e. The highest BCUT2D eigenvalue weighted by Gasteiger charge is 2.23. The van der Waals surface area contributed by atoms with Gasteiger partial charge in [-0.15, -0.1) is 0 Å². The molecule has 0 aromatic rings. The van der Waals surface area contributed by atoms with Gasteiger partial charge < -0.3 is 19.7 Å². The summed E-state index contributed by atoms with van der Waals surface area (Å²) in [7, 11) is 1.81. The second-order valence-electron chi connectivity index (χ2n) is 4.90. The highest BCUT2D eigenvalue weighted by atomic mass is 16.5. The first-order chi connectivity index (χ1) is 9.21. The van der Waals surface area contributed by atoms with E-state index in [2.05, 4.69) is 10.2 Å². The molecule has 1 N–H and O–H groups in total. The van der Waals surface area contributed by atoms with Gasteiger partial charge in [-0.05, 0) is 46.7 Å². The number of ether oxygens (including phenoxy) is 2. The summed E-state index contributed by atoms with van der Waals surface area (Å²) < 4.78 is 10.7. The minimum atomic E-state index is -0.201. The van der Waals surface area contributed by atoms with Crippen LogP contribution >= 0.6 is 0 Å². The minimum Gasteiger partial charge on any atom is -0.465 e. The Labute approximate surface area is 116 Å². The fraction of sp³-hybridized carbons (Fsp3) is 0.929. The number of piperidine rings is 1. The second-order valence-corrected chi connectivity index (χ2v) is 4.90. The van der Waals surface area contributed by atoms with Crippen molar-refractivity contribution in [2.45, 2.75) is 45.3 Å². The first-order valence-electron chi connectivity index (χ1n) is 7.39. The minimum absolute atomic E-state index is 0.150. The van der Waals surface area contributed by atoms with Crippen LogP contribution in [-0.2, 0) is 14.3 Å². The molecule has 0 aromatic carbocycles. The highest BCUT2D eigenvalue weighted by Crippen LogP contribution is 2.13. The molecule has 112 valence electrons. The van der Waals surface area contributed by atoms with E-state index in [9.17, 15) is 4.79 Å². The zero-order valence-corrected chi connectivity index (χ0v) is 12.5. The van der Waals surface area contributed by atoms with Gasteiger partial charge in [-0.3, -0.25) is 4.79 Å². The van der Waals surface area contributed by atoms with Crippen molar-refractivity contribution >= 4 is 5.97 Å². The van der Waals surface area contributed by atoms with Crippen molar-refractivity contribution < 1.29 is 14.3 Å². The standard InChI is InChI=1S/C14H28N2O3/c1-4-18-12-7-6-9-16(11-12)10-8-13(15-3)14(17)19-5-2/h12-13,15H,4-11H2,1-3H3. The topological polar surface area (TPSA) is 50.8 Å². The van der Waals surface area contributed by atoms with Crippen molar-refractivity contribution in [2.75, 3.05) is 39.9 Å². The Morgan fingerprint density at radius 3 is 2.84 bits per heavy atom. The number of esters is 1. The monoisotopic (exact) mass is 272 g/mol. The molecule has 2 atom stereocenters. The predicted octanol–water partition coefficient (Wildman–Crippen LogP) is 1.03. The van der Waals surface area contributed by atoms with Crippen LogP contribution in [0.15, 0.2) is 0 Å². The van der Waals surface area contributed by atoms with E-state index < -0.39 is 0 Å². The summed E-state index contributed by atoms with van der Waals surface area (Å²) in [5.41, 5.74) is 0. The molecule has 0 aromatic heterocycles. The zero-order valence-electron chi connectivity index (χ0n) is 12.5. The number of likely N-dealkylation sites (N-methyl/N-ethyl adjacent to an activating group) is 1. The summed E-state index contributed by atoms with van der Waals surface area (Å²) in [6.45, 7) is 8.08. The summed E-state index contributed by atoms with van der Waals surface area (Å²) in [4.78, 5) is 14.1. The number of hydrogen-bond acceptors (Lipinski definition) is 5. The number of nitrogens with one attached hydrogen (secondary N) is 1. The Kier molecular flexibility index (Phi) is 8.02. The lowest BCUT2D eigenvalue weighted by Crippen LogP contribution is -2.43. The molecular formula is C14H28N2O3. The van der Waals surface area contributed by atoms with E-state index in [1.54, 1.807) is 7.05 Å². The number of likely N-dealkylation sites (tertiary alicyclic amines) is 1. The quantitative estimate of drug-likeness (QED) is 0.669. The predicted molar refractivity (Wildman–Crippen MR) is 75.2 cm³/mol. The number of nitrogens with zero attached hydrogens (tertiary/aromatic N) is 1. The first-order valence-corrected chi connectivity index (χ1v) is 7.39. The summed E-state index contributed by atoms with van der Waals surface area (Å²) >= 11 is 0. The SMILES string of the molecule is CCOC(=O)C(CCN1CCCC(OCC)C1)NC. The van der Waals surface area contributed by atoms with Crippen LogP contribution in [0.4, 0.5) is 0 Å². The molecule has 2 unspecified atom stereocenters. The Morgan fingerprint density at radius 1 is 1.42 bits per heavy atom. The van der Waals surface area contributed by atoms with Gasteiger partial charge in [0, 0.05) is 19.7 Å². The molecule has 1 fully saturated rings. The number of carbonyl (C=O) groups is 1. The van der Waals surface area contributed by atoms with Crippen molar-refractivity contribution in [1.29, 1.82) is 0 Å². The average Bonchev–Trinajstić information content (AvgIpc) is 2.40. The second kappa shape index (κ2) is 9.28. The lowest BCUT2D eigenvalue weighted by Gasteiger charge is -2.33. The first kappa shape index (κ1) is 16.4. The molecule has 5 heteroatoms. The maximum Gasteiger partial charge on any atom is 0.323 e. The van der Waals surface area contributed by atoms with Gasteiger partial charge >= 0.3 is 5.97 Å². The van der Waals surface area contributed by atoms with Gasteiger partial charge in [0.25, 0.3) is 0 Å². The van der Waals surface area contributed by atoms with Gasteiger partial charge in [0.2, 0.25) is 0 Å². The lowest BCUT2D eigenvalue weighted by atomic mass is 10.1. The van der Waals surface area contributed by atoms with E-state index in [-0.39, 0.29) is 12.0 Å². The molecular weight excluding hydrogens is 244 g/mol. The van der Waals surface area contributed by atoms with E-state index in [1.807, 2.05) is 13.8 Å². The van der Waals surface area contributed by atoms with Gasteiger partial charge in [0.15, 0.2) is 0 Å². The van der Waals surface area contributed by atoms with Crippen LogP contribution in [0.5, 0.6) is 0 Å². The van der Waals surface area contributed by atoms with Crippen LogP contribution in [0, 0.1) is 0 Å². The molecule has 1 aliphatic rings. The third-order valence-electron chi connectivity index (χ3n) is 3.52. The maximum absolute atomic E-state index is 11.7. The molecule has 5 nitrogen and oxygen atoms in total. The van der Waals surface area contributed by atoms with Crippen molar-refractivity contribution in [3.05, 3.63) is 0 Å². The molecule has 0 amide bonds. The Bertz CT molecular complexity index is 259. The maximum atomic E-state index is 11.7. The van der Waals surface area contributed by atoms with Gasteiger partial charge in [-0.1, -0.05) is 0 Å². The van der Waals surface area contributed by atoms with Crippen molar-refractivity contribution in [1.82, 2.24) is 10.2 Å². The van der Waals surface area contributed by atoms with Crippen LogP contribution in [0.1, 0.15) is 33.1 Å². The molecule has 0 saturated carbocycles. The highest BCUT2D eigenvalue weighted by molar-refractivity contribution is 5.75. The van der Waals surface area contributed by atoms with Crippen molar-refractivity contribution in [3.8, 4) is 0 Å². The normalized spacial score (nSPS) is 22.2. The molecule has 0 bridgehead atoms. The molecule has 1 rings (SSSR count). The fourth-order valence-corrected chi connectivity index (χ4v) is 2.52. The van der Waals surface area contributed by atoms with Crippen LogP contribution in [-0.4, -0.2) is 62.9 Å². The van der Waals surface area contributed by atoms with Gasteiger partial charge in [0.1, 0.15) is 6.04 Å². The molecule has 0 spiro atoms. The van der Waals surface area contributed by atoms with Crippen LogP contribution in [0.2, 0.25) is 0 Å². The van der Waals surface area contributed by atoms with Crippen LogP contribution in [0.3, 0.4) is 0 Å². The van der Waals surface area contributed by atoms with Crippen molar-refractivity contribution in [3.63, 3.8) is 0 Å². The molecule has 1 saturated heterocycles. The van der Waals surface area contributed by atoms with Gasteiger partial charge in [0.05, 0.1) is 12.7 Å². The van der Waals surface area contributed by atoms with E-state index in [0.29, 0.717) is 12.7 Å². The summed E-state index contributed by atoms with van der Waals surface area (Å²) in [5.74, 6) is -0.150. The molecule has 0 aliphatic carbocycles. The third-order valence-corrected chi connectivity index (χ3v) is 3.52.